The van der Waals surface area contributed by atoms with Gasteiger partial charge in [-0.25, -0.2) is 15.0 Å². The first-order chi connectivity index (χ1) is 14.3. The highest BCUT2D eigenvalue weighted by Crippen LogP contribution is 2.29. The predicted molar refractivity (Wildman–Crippen MR) is 112 cm³/mol. The molecule has 8 heteroatoms. The summed E-state index contributed by atoms with van der Waals surface area (Å²) >= 11 is 0. The Morgan fingerprint density at radius 2 is 2.03 bits per heavy atom. The summed E-state index contributed by atoms with van der Waals surface area (Å²) in [7, 11) is 1.62. The molecule has 0 saturated heterocycles. The van der Waals surface area contributed by atoms with E-state index in [1.165, 1.54) is 0 Å². The smallest absolute Gasteiger partial charge is 0.254 e. The highest BCUT2D eigenvalue weighted by atomic mass is 16.1. The van der Waals surface area contributed by atoms with Crippen LogP contribution in [0, 0.1) is 0 Å². The number of carbonyl (C=O) groups is 1. The summed E-state index contributed by atoms with van der Waals surface area (Å²) in [5, 5.41) is 7.05. The lowest BCUT2D eigenvalue weighted by molar-refractivity contribution is 0.0964. The second-order valence-electron chi connectivity index (χ2n) is 6.72. The van der Waals surface area contributed by atoms with Crippen LogP contribution in [0.3, 0.4) is 0 Å². The molecule has 0 radical (unpaired) electrons. The molecule has 1 aromatic carbocycles. The molecule has 0 bridgehead atoms. The van der Waals surface area contributed by atoms with Crippen molar-refractivity contribution in [1.29, 1.82) is 0 Å². The van der Waals surface area contributed by atoms with E-state index in [1.807, 2.05) is 51.6 Å². The first-order valence-electron chi connectivity index (χ1n) is 9.37. The van der Waals surface area contributed by atoms with Gasteiger partial charge >= 0.3 is 0 Å². The molecule has 144 valence electrons. The van der Waals surface area contributed by atoms with Crippen LogP contribution in [-0.4, -0.2) is 43.4 Å². The van der Waals surface area contributed by atoms with Crippen LogP contribution >= 0.6 is 0 Å². The molecule has 8 nitrogen and oxygen atoms in total. The first kappa shape index (κ1) is 17.2. The van der Waals surface area contributed by atoms with Crippen molar-refractivity contribution < 1.29 is 4.79 Å². The molecule has 0 unspecified atom stereocenters. The Morgan fingerprint density at radius 1 is 1.14 bits per heavy atom. The molecule has 0 spiro atoms. The van der Waals surface area contributed by atoms with Crippen LogP contribution in [0.2, 0.25) is 0 Å². The lowest BCUT2D eigenvalue weighted by atomic mass is 10.1. The van der Waals surface area contributed by atoms with E-state index in [2.05, 4.69) is 20.6 Å². The molecule has 29 heavy (non-hydrogen) atoms. The maximum Gasteiger partial charge on any atom is 0.254 e. The molecular weight excluding hydrogens is 366 g/mol. The minimum Gasteiger partial charge on any atom is -0.383 e. The molecule has 5 aromatic rings. The van der Waals surface area contributed by atoms with Gasteiger partial charge in [-0.3, -0.25) is 9.20 Å². The number of para-hydroxylation sites is 2. The summed E-state index contributed by atoms with van der Waals surface area (Å²) in [6.07, 6.45) is 7.25. The highest BCUT2D eigenvalue weighted by Gasteiger charge is 2.18. The SMILES string of the molecule is CNC(=O)c1cc2c(NCCn3ccnc3)ccnc2n2c1nc1ccccc12. The summed E-state index contributed by atoms with van der Waals surface area (Å²) < 4.78 is 3.96. The molecule has 0 aliphatic carbocycles. The number of hydrogen-bond acceptors (Lipinski definition) is 5. The third-order valence-corrected chi connectivity index (χ3v) is 4.99. The Bertz CT molecular complexity index is 1340. The van der Waals surface area contributed by atoms with Gasteiger partial charge in [0.15, 0.2) is 5.65 Å². The molecule has 1 amide bonds. The third kappa shape index (κ3) is 2.85. The monoisotopic (exact) mass is 385 g/mol. The van der Waals surface area contributed by atoms with Crippen LogP contribution in [-0.2, 0) is 6.54 Å². The second-order valence-corrected chi connectivity index (χ2v) is 6.72. The summed E-state index contributed by atoms with van der Waals surface area (Å²) in [5.41, 5.74) is 4.53. The van der Waals surface area contributed by atoms with E-state index in [0.717, 1.165) is 34.3 Å². The van der Waals surface area contributed by atoms with E-state index in [0.29, 0.717) is 17.8 Å². The quantitative estimate of drug-likeness (QED) is 0.486. The van der Waals surface area contributed by atoms with Crippen molar-refractivity contribution in [2.45, 2.75) is 6.54 Å². The summed E-state index contributed by atoms with van der Waals surface area (Å²) in [4.78, 5) is 26.0. The van der Waals surface area contributed by atoms with E-state index in [1.54, 1.807) is 25.8 Å². The number of carbonyl (C=O) groups excluding carboxylic acids is 1. The number of aromatic nitrogens is 5. The molecule has 0 fully saturated rings. The Morgan fingerprint density at radius 3 is 2.86 bits per heavy atom. The van der Waals surface area contributed by atoms with Crippen molar-refractivity contribution in [3.8, 4) is 0 Å². The van der Waals surface area contributed by atoms with Crippen molar-refractivity contribution >= 4 is 39.3 Å². The molecule has 2 N–H and O–H groups in total. The van der Waals surface area contributed by atoms with E-state index in [4.69, 9.17) is 4.98 Å². The van der Waals surface area contributed by atoms with Gasteiger partial charge in [-0.1, -0.05) is 12.1 Å². The van der Waals surface area contributed by atoms with Gasteiger partial charge in [-0.2, -0.15) is 0 Å². The van der Waals surface area contributed by atoms with Crippen LogP contribution in [0.5, 0.6) is 0 Å². The zero-order valence-corrected chi connectivity index (χ0v) is 15.8. The van der Waals surface area contributed by atoms with Gasteiger partial charge in [0.25, 0.3) is 5.91 Å². The molecule has 5 rings (SSSR count). The fourth-order valence-electron chi connectivity index (χ4n) is 3.61. The average Bonchev–Trinajstić information content (AvgIpc) is 3.40. The minimum atomic E-state index is -0.180. The number of rotatable bonds is 5. The molecule has 0 aliphatic rings. The number of imidazole rings is 2. The zero-order valence-electron chi connectivity index (χ0n) is 15.8. The standard InChI is InChI=1S/C21H19N7O/c1-22-21(29)15-12-14-16(24-9-11-27-10-8-23-13-27)6-7-25-19(14)28-18-5-3-2-4-17(18)26-20(15)28/h2-8,10,12-13H,9,11H2,1H3,(H,22,29)(H,24,25). The summed E-state index contributed by atoms with van der Waals surface area (Å²) in [6, 6.07) is 11.6. The number of hydrogen-bond donors (Lipinski definition) is 2. The Labute approximate surface area is 166 Å². The number of amides is 1. The van der Waals surface area contributed by atoms with Crippen molar-refractivity contribution in [3.05, 3.63) is 66.9 Å². The van der Waals surface area contributed by atoms with Crippen LogP contribution in [0.4, 0.5) is 5.69 Å². The van der Waals surface area contributed by atoms with Gasteiger partial charge < -0.3 is 15.2 Å². The number of nitrogens with zero attached hydrogens (tertiary/aromatic N) is 5. The zero-order chi connectivity index (χ0) is 19.8. The van der Waals surface area contributed by atoms with Gasteiger partial charge in [0, 0.05) is 49.8 Å². The number of fused-ring (bicyclic) bond motifs is 5. The normalized spacial score (nSPS) is 11.3. The van der Waals surface area contributed by atoms with Crippen molar-refractivity contribution in [1.82, 2.24) is 29.2 Å². The van der Waals surface area contributed by atoms with Gasteiger partial charge in [-0.15, -0.1) is 0 Å². The van der Waals surface area contributed by atoms with Crippen molar-refractivity contribution in [2.75, 3.05) is 18.9 Å². The van der Waals surface area contributed by atoms with E-state index >= 15 is 0 Å². The average molecular weight is 385 g/mol. The van der Waals surface area contributed by atoms with Gasteiger partial charge in [0.1, 0.15) is 5.65 Å². The third-order valence-electron chi connectivity index (χ3n) is 4.99. The topological polar surface area (TPSA) is 89.1 Å². The maximum atomic E-state index is 12.6. The van der Waals surface area contributed by atoms with Crippen LogP contribution in [0.25, 0.3) is 27.7 Å². The molecule has 4 aromatic heterocycles. The Kier molecular flexibility index (Phi) is 4.09. The molecular formula is C21H19N7O. The minimum absolute atomic E-state index is 0.180. The van der Waals surface area contributed by atoms with Crippen LogP contribution < -0.4 is 10.6 Å². The Hall–Kier alpha value is -3.94. The van der Waals surface area contributed by atoms with Crippen LogP contribution in [0.1, 0.15) is 10.4 Å². The Balaban J connectivity index is 1.69. The molecule has 0 atom stereocenters. The fraction of sp³-hybridized carbons (Fsp3) is 0.143. The number of pyridine rings is 2. The van der Waals surface area contributed by atoms with E-state index in [9.17, 15) is 4.79 Å². The second kappa shape index (κ2) is 6.90. The molecule has 0 aliphatic heterocycles. The predicted octanol–water partition coefficient (Wildman–Crippen LogP) is 2.70. The van der Waals surface area contributed by atoms with Gasteiger partial charge in [0.2, 0.25) is 0 Å². The van der Waals surface area contributed by atoms with E-state index < -0.39 is 0 Å². The maximum absolute atomic E-state index is 12.6. The number of anilines is 1. The van der Waals surface area contributed by atoms with Crippen LogP contribution in [0.15, 0.2) is 61.3 Å². The number of benzene rings is 1. The van der Waals surface area contributed by atoms with Gasteiger partial charge in [-0.05, 0) is 24.3 Å². The van der Waals surface area contributed by atoms with E-state index in [-0.39, 0.29) is 5.91 Å². The highest BCUT2D eigenvalue weighted by molar-refractivity contribution is 6.07. The van der Waals surface area contributed by atoms with Gasteiger partial charge in [0.05, 0.1) is 22.9 Å². The summed E-state index contributed by atoms with van der Waals surface area (Å²) in [5.74, 6) is -0.180. The van der Waals surface area contributed by atoms with Crippen molar-refractivity contribution in [2.24, 2.45) is 0 Å². The first-order valence-corrected chi connectivity index (χ1v) is 9.37. The molecule has 0 saturated carbocycles. The fourth-order valence-corrected chi connectivity index (χ4v) is 3.61. The largest absolute Gasteiger partial charge is 0.383 e. The summed E-state index contributed by atoms with van der Waals surface area (Å²) in [6.45, 7) is 1.50. The molecule has 4 heterocycles. The number of nitrogens with one attached hydrogen (secondary N) is 2. The lowest BCUT2D eigenvalue weighted by Crippen LogP contribution is -2.19. The van der Waals surface area contributed by atoms with Crippen molar-refractivity contribution in [3.63, 3.8) is 0 Å². The lowest BCUT2D eigenvalue weighted by Gasteiger charge is -2.13.